The average Bonchev–Trinajstić information content (AvgIpc) is 2.63. The summed E-state index contributed by atoms with van der Waals surface area (Å²) in [4.78, 5) is 12.4. The van der Waals surface area contributed by atoms with Crippen LogP contribution in [0.2, 0.25) is 0 Å². The van der Waals surface area contributed by atoms with Crippen molar-refractivity contribution in [3.05, 3.63) is 59.8 Å². The van der Waals surface area contributed by atoms with Crippen molar-refractivity contribution in [2.24, 2.45) is 5.92 Å². The van der Waals surface area contributed by atoms with Crippen molar-refractivity contribution < 1.29 is 14.2 Å². The first-order chi connectivity index (χ1) is 12.1. The Kier molecular flexibility index (Phi) is 4.19. The first kappa shape index (κ1) is 16.1. The van der Waals surface area contributed by atoms with Crippen LogP contribution in [0.3, 0.4) is 0 Å². The molecular formula is C20H22N2O3. The van der Waals surface area contributed by atoms with Gasteiger partial charge in [0.25, 0.3) is 0 Å². The highest BCUT2D eigenvalue weighted by Gasteiger charge is 2.43. The zero-order valence-corrected chi connectivity index (χ0v) is 14.1. The molecule has 5 heteroatoms. The summed E-state index contributed by atoms with van der Waals surface area (Å²) in [5.74, 6) is 0.323. The van der Waals surface area contributed by atoms with Crippen molar-refractivity contribution in [1.82, 2.24) is 0 Å². The van der Waals surface area contributed by atoms with Gasteiger partial charge < -0.3 is 14.6 Å². The van der Waals surface area contributed by atoms with Gasteiger partial charge in [0.15, 0.2) is 6.10 Å². The normalized spacial score (nSPS) is 27.7. The van der Waals surface area contributed by atoms with E-state index in [2.05, 4.69) is 5.32 Å². The van der Waals surface area contributed by atoms with Gasteiger partial charge in [-0.15, -0.1) is 0 Å². The molecule has 130 valence electrons. The lowest BCUT2D eigenvalue weighted by atomic mass is 9.85. The minimum atomic E-state index is -0.478. The molecule has 2 aromatic carbocycles. The van der Waals surface area contributed by atoms with Crippen LogP contribution in [-0.4, -0.2) is 36.5 Å². The Morgan fingerprint density at radius 2 is 1.72 bits per heavy atom. The first-order valence-corrected chi connectivity index (χ1v) is 8.82. The average molecular weight is 338 g/mol. The number of ether oxygens (including phenoxy) is 1. The molecule has 1 atom stereocenters. The minimum Gasteiger partial charge on any atom is -0.633 e. The van der Waals surface area contributed by atoms with Crippen molar-refractivity contribution in [2.75, 3.05) is 25.0 Å². The number of anilines is 1. The number of nitrogens with zero attached hydrogens (tertiary/aromatic N) is 1. The number of fused-ring (bicyclic) bond motifs is 3. The SMILES string of the molecule is O=C(Nc1ccccc1-c1ccccc1)OC1C[N+]2([O-])CCC1CC2. The molecule has 25 heavy (non-hydrogen) atoms. The van der Waals surface area contributed by atoms with Gasteiger partial charge in [0, 0.05) is 24.3 Å². The van der Waals surface area contributed by atoms with E-state index in [9.17, 15) is 10.0 Å². The predicted octanol–water partition coefficient (Wildman–Crippen LogP) is 4.01. The molecular weight excluding hydrogens is 316 g/mol. The number of hydroxylamine groups is 3. The fourth-order valence-electron chi connectivity index (χ4n) is 3.96. The van der Waals surface area contributed by atoms with E-state index in [1.54, 1.807) is 0 Å². The highest BCUT2D eigenvalue weighted by atomic mass is 16.6. The van der Waals surface area contributed by atoms with Gasteiger partial charge in [-0.3, -0.25) is 5.32 Å². The highest BCUT2D eigenvalue weighted by Crippen LogP contribution is 2.35. The number of benzene rings is 2. The number of nitrogens with one attached hydrogen (secondary N) is 1. The van der Waals surface area contributed by atoms with Crippen LogP contribution in [0.4, 0.5) is 10.5 Å². The summed E-state index contributed by atoms with van der Waals surface area (Å²) in [6, 6.07) is 17.6. The summed E-state index contributed by atoms with van der Waals surface area (Å²) in [7, 11) is 0. The Bertz CT molecular complexity index is 755. The number of rotatable bonds is 3. The lowest BCUT2D eigenvalue weighted by Crippen LogP contribution is -2.61. The third-order valence-electron chi connectivity index (χ3n) is 5.36. The Hall–Kier alpha value is -2.37. The summed E-state index contributed by atoms with van der Waals surface area (Å²) in [5, 5.41) is 15.3. The third kappa shape index (κ3) is 3.38. The van der Waals surface area contributed by atoms with Crippen molar-refractivity contribution in [1.29, 1.82) is 0 Å². The summed E-state index contributed by atoms with van der Waals surface area (Å²) < 4.78 is 5.41. The lowest BCUT2D eigenvalue weighted by molar-refractivity contribution is -0.900. The van der Waals surface area contributed by atoms with Crippen molar-refractivity contribution >= 4 is 11.8 Å². The summed E-state index contributed by atoms with van der Waals surface area (Å²) in [5.41, 5.74) is 2.69. The number of hydrogen-bond donors (Lipinski definition) is 1. The quantitative estimate of drug-likeness (QED) is 0.679. The Morgan fingerprint density at radius 3 is 2.44 bits per heavy atom. The van der Waals surface area contributed by atoms with E-state index < -0.39 is 6.09 Å². The highest BCUT2D eigenvalue weighted by molar-refractivity contribution is 5.91. The summed E-state index contributed by atoms with van der Waals surface area (Å²) in [6.07, 6.45) is 0.946. The van der Waals surface area contributed by atoms with Crippen molar-refractivity contribution in [2.45, 2.75) is 18.9 Å². The molecule has 1 N–H and O–H groups in total. The molecule has 0 spiro atoms. The molecule has 2 bridgehead atoms. The van der Waals surface area contributed by atoms with Gasteiger partial charge in [0.1, 0.15) is 6.54 Å². The number of hydrogen-bond acceptors (Lipinski definition) is 3. The predicted molar refractivity (Wildman–Crippen MR) is 96.7 cm³/mol. The van der Waals surface area contributed by atoms with E-state index in [4.69, 9.17) is 4.74 Å². The van der Waals surface area contributed by atoms with Crippen LogP contribution in [0.1, 0.15) is 12.8 Å². The third-order valence-corrected chi connectivity index (χ3v) is 5.36. The fraction of sp³-hybridized carbons (Fsp3) is 0.350. The second-order valence-corrected chi connectivity index (χ2v) is 7.01. The number of amides is 1. The molecule has 3 heterocycles. The molecule has 2 aromatic rings. The molecule has 5 rings (SSSR count). The maximum Gasteiger partial charge on any atom is 0.412 e. The van der Waals surface area contributed by atoms with Crippen LogP contribution in [0.5, 0.6) is 0 Å². The number of quaternary nitrogens is 1. The monoisotopic (exact) mass is 338 g/mol. The van der Waals surface area contributed by atoms with E-state index >= 15 is 0 Å². The molecule has 0 aliphatic carbocycles. The van der Waals surface area contributed by atoms with Gasteiger partial charge >= 0.3 is 6.09 Å². The van der Waals surface area contributed by atoms with Gasteiger partial charge in [0.2, 0.25) is 0 Å². The van der Waals surface area contributed by atoms with E-state index in [1.165, 1.54) is 0 Å². The van der Waals surface area contributed by atoms with E-state index in [0.29, 0.717) is 31.2 Å². The maximum absolute atomic E-state index is 12.4. The van der Waals surface area contributed by atoms with Crippen LogP contribution in [-0.2, 0) is 4.74 Å². The van der Waals surface area contributed by atoms with Crippen molar-refractivity contribution in [3.63, 3.8) is 0 Å². The number of piperidine rings is 3. The zero-order valence-electron chi connectivity index (χ0n) is 14.1. The lowest BCUT2D eigenvalue weighted by Gasteiger charge is -2.54. The topological polar surface area (TPSA) is 61.4 Å². The van der Waals surface area contributed by atoms with Crippen LogP contribution in [0.25, 0.3) is 11.1 Å². The molecule has 3 aliphatic rings. The number of carbonyl (C=O) groups is 1. The molecule has 1 amide bonds. The molecule has 3 fully saturated rings. The van der Waals surface area contributed by atoms with Gasteiger partial charge in [-0.25, -0.2) is 4.79 Å². The number of carbonyl (C=O) groups excluding carboxylic acids is 1. The van der Waals surface area contributed by atoms with Gasteiger partial charge in [-0.1, -0.05) is 48.5 Å². The molecule has 0 radical (unpaired) electrons. The maximum atomic E-state index is 12.4. The van der Waals surface area contributed by atoms with Gasteiger partial charge in [-0.2, -0.15) is 0 Å². The van der Waals surface area contributed by atoms with Gasteiger partial charge in [-0.05, 0) is 11.6 Å². The van der Waals surface area contributed by atoms with Crippen LogP contribution >= 0.6 is 0 Å². The van der Waals surface area contributed by atoms with Crippen LogP contribution < -0.4 is 5.32 Å². The van der Waals surface area contributed by atoms with Crippen molar-refractivity contribution in [3.8, 4) is 11.1 Å². The first-order valence-electron chi connectivity index (χ1n) is 8.82. The number of para-hydroxylation sites is 1. The van der Waals surface area contributed by atoms with Crippen LogP contribution in [0.15, 0.2) is 54.6 Å². The minimum absolute atomic E-state index is 0.213. The fourth-order valence-corrected chi connectivity index (χ4v) is 3.96. The van der Waals surface area contributed by atoms with Gasteiger partial charge in [0.05, 0.1) is 18.8 Å². The Morgan fingerprint density at radius 1 is 1.04 bits per heavy atom. The smallest absolute Gasteiger partial charge is 0.412 e. The Balaban J connectivity index is 1.47. The molecule has 0 aromatic heterocycles. The summed E-state index contributed by atoms with van der Waals surface area (Å²) in [6.45, 7) is 1.70. The van der Waals surface area contributed by atoms with E-state index in [-0.39, 0.29) is 10.8 Å². The summed E-state index contributed by atoms with van der Waals surface area (Å²) >= 11 is 0. The molecule has 1 unspecified atom stereocenters. The second-order valence-electron chi connectivity index (χ2n) is 7.01. The van der Waals surface area contributed by atoms with Crippen LogP contribution in [0, 0.1) is 11.1 Å². The largest absolute Gasteiger partial charge is 0.633 e. The Labute approximate surface area is 147 Å². The second kappa shape index (κ2) is 6.50. The standard InChI is InChI=1S/C20H22N2O3/c23-20(25-19-14-22(24)12-10-16(19)11-13-22)21-18-9-5-4-8-17(18)15-6-2-1-3-7-15/h1-9,16,19H,10-14H2,(H,21,23). The molecule has 5 nitrogen and oxygen atoms in total. The van der Waals surface area contributed by atoms with E-state index in [1.807, 2.05) is 54.6 Å². The molecule has 3 saturated heterocycles. The molecule has 0 saturated carbocycles. The zero-order chi connectivity index (χ0) is 17.3. The molecule has 3 aliphatic heterocycles. The van der Waals surface area contributed by atoms with E-state index in [0.717, 1.165) is 24.0 Å².